The van der Waals surface area contributed by atoms with Crippen LogP contribution in [0.25, 0.3) is 0 Å². The Kier molecular flexibility index (Phi) is 4.02. The van der Waals surface area contributed by atoms with E-state index >= 15 is 0 Å². The van der Waals surface area contributed by atoms with Gasteiger partial charge in [-0.05, 0) is 37.8 Å². The van der Waals surface area contributed by atoms with Gasteiger partial charge in [0.15, 0.2) is 5.16 Å². The summed E-state index contributed by atoms with van der Waals surface area (Å²) in [6.45, 7) is 1.35. The summed E-state index contributed by atoms with van der Waals surface area (Å²) in [6, 6.07) is 1.87. The van der Waals surface area contributed by atoms with Crippen LogP contribution in [0, 0.1) is 6.92 Å². The summed E-state index contributed by atoms with van der Waals surface area (Å²) < 4.78 is 26.4. The Hall–Kier alpha value is -1.96. The molecule has 3 heterocycles. The van der Waals surface area contributed by atoms with Crippen LogP contribution in [0.1, 0.15) is 28.8 Å². The fourth-order valence-corrected chi connectivity index (χ4v) is 4.29. The third-order valence-electron chi connectivity index (χ3n) is 4.68. The Labute approximate surface area is 147 Å². The summed E-state index contributed by atoms with van der Waals surface area (Å²) >= 11 is 1.41. The van der Waals surface area contributed by atoms with Gasteiger partial charge in [-0.3, -0.25) is 4.79 Å². The first-order chi connectivity index (χ1) is 11.9. The predicted molar refractivity (Wildman–Crippen MR) is 92.6 cm³/mol. The van der Waals surface area contributed by atoms with E-state index in [1.165, 1.54) is 11.8 Å². The Morgan fingerprint density at radius 2 is 2.16 bits per heavy atom. The van der Waals surface area contributed by atoms with E-state index in [0.717, 1.165) is 41.6 Å². The summed E-state index contributed by atoms with van der Waals surface area (Å²) in [6.07, 6.45) is 4.24. The molecule has 0 bridgehead atoms. The van der Waals surface area contributed by atoms with Crippen molar-refractivity contribution in [2.45, 2.75) is 43.0 Å². The highest BCUT2D eigenvalue weighted by Crippen LogP contribution is 2.35. The van der Waals surface area contributed by atoms with Gasteiger partial charge < -0.3 is 9.88 Å². The zero-order chi connectivity index (χ0) is 17.6. The highest BCUT2D eigenvalue weighted by atomic mass is 32.2. The summed E-state index contributed by atoms with van der Waals surface area (Å²) in [5, 5.41) is 0.578. The smallest absolute Gasteiger partial charge is 0.282 e. The number of H-pyrrole nitrogens is 1. The van der Waals surface area contributed by atoms with Crippen LogP contribution in [0.15, 0.2) is 22.2 Å². The minimum Gasteiger partial charge on any atom is -0.344 e. The molecule has 4 rings (SSSR count). The second kappa shape index (κ2) is 6.09. The van der Waals surface area contributed by atoms with Gasteiger partial charge in [-0.1, -0.05) is 11.8 Å². The lowest BCUT2D eigenvalue weighted by molar-refractivity contribution is -0.0267. The minimum absolute atomic E-state index is 0.0597. The average molecular weight is 364 g/mol. The number of halogens is 2. The molecule has 1 aliphatic carbocycles. The third kappa shape index (κ3) is 3.15. The number of hydrogen-bond donors (Lipinski definition) is 1. The largest absolute Gasteiger partial charge is 0.344 e. The molecule has 25 heavy (non-hydrogen) atoms. The van der Waals surface area contributed by atoms with Crippen LogP contribution >= 0.6 is 11.8 Å². The number of aryl methyl sites for hydroxylation is 2. The van der Waals surface area contributed by atoms with Gasteiger partial charge in [-0.15, -0.1) is 0 Å². The van der Waals surface area contributed by atoms with Crippen molar-refractivity contribution in [2.24, 2.45) is 0 Å². The van der Waals surface area contributed by atoms with Gasteiger partial charge in [0.05, 0.1) is 18.8 Å². The monoisotopic (exact) mass is 364 g/mol. The number of nitrogens with one attached hydrogen (secondary N) is 1. The van der Waals surface area contributed by atoms with Crippen LogP contribution in [0.5, 0.6) is 0 Å². The molecular weight excluding hydrogens is 346 g/mol. The van der Waals surface area contributed by atoms with Gasteiger partial charge in [0.2, 0.25) is 0 Å². The molecule has 0 atom stereocenters. The molecular formula is C17H18F2N4OS. The fraction of sp³-hybridized carbons (Fsp3) is 0.471. The van der Waals surface area contributed by atoms with E-state index in [0.29, 0.717) is 16.7 Å². The van der Waals surface area contributed by atoms with E-state index < -0.39 is 5.92 Å². The number of thioether (sulfide) groups is 1. The van der Waals surface area contributed by atoms with Gasteiger partial charge >= 0.3 is 0 Å². The highest BCUT2D eigenvalue weighted by Gasteiger charge is 2.45. The van der Waals surface area contributed by atoms with E-state index in [-0.39, 0.29) is 18.6 Å². The second-order valence-corrected chi connectivity index (χ2v) is 7.54. The number of nitrogens with zero attached hydrogens (tertiary/aromatic N) is 3. The van der Waals surface area contributed by atoms with Crippen molar-refractivity contribution < 1.29 is 8.78 Å². The van der Waals surface area contributed by atoms with Crippen molar-refractivity contribution in [3.63, 3.8) is 0 Å². The molecule has 132 valence electrons. The molecule has 1 saturated heterocycles. The van der Waals surface area contributed by atoms with Crippen LogP contribution in [0.3, 0.4) is 0 Å². The van der Waals surface area contributed by atoms with Crippen molar-refractivity contribution in [1.29, 1.82) is 0 Å². The SMILES string of the molecule is Cc1ccnc(N2CC(F)(F)C2)c1CSc1nc2c(c(=O)[nH]1)CCC2. The van der Waals surface area contributed by atoms with Crippen LogP contribution < -0.4 is 10.5 Å². The fourth-order valence-electron chi connectivity index (χ4n) is 3.32. The maximum atomic E-state index is 13.2. The van der Waals surface area contributed by atoms with E-state index in [1.54, 1.807) is 11.1 Å². The first-order valence-corrected chi connectivity index (χ1v) is 9.24. The van der Waals surface area contributed by atoms with Crippen LogP contribution in [-0.4, -0.2) is 34.0 Å². The molecule has 1 N–H and O–H groups in total. The number of alkyl halides is 2. The molecule has 2 aromatic heterocycles. The highest BCUT2D eigenvalue weighted by molar-refractivity contribution is 7.98. The number of rotatable bonds is 4. The molecule has 1 aliphatic heterocycles. The average Bonchev–Trinajstić information content (AvgIpc) is 3.00. The van der Waals surface area contributed by atoms with Crippen molar-refractivity contribution in [3.05, 3.63) is 45.0 Å². The third-order valence-corrected chi connectivity index (χ3v) is 5.58. The van der Waals surface area contributed by atoms with Crippen molar-refractivity contribution >= 4 is 17.6 Å². The molecule has 2 aliphatic rings. The number of hydrogen-bond acceptors (Lipinski definition) is 5. The Morgan fingerprint density at radius 3 is 2.92 bits per heavy atom. The standard InChI is InChI=1S/C17H18F2N4OS/c1-10-5-6-20-14(23-8-17(18,19)9-23)12(10)7-25-16-21-13-4-2-3-11(13)15(24)22-16/h5-6H,2-4,7-9H2,1H3,(H,21,22,24). The number of aromatic amines is 1. The number of aromatic nitrogens is 3. The molecule has 5 nitrogen and oxygen atoms in total. The Bertz CT molecular complexity index is 875. The molecule has 2 aromatic rings. The summed E-state index contributed by atoms with van der Waals surface area (Å²) in [4.78, 5) is 25.4. The zero-order valence-electron chi connectivity index (χ0n) is 13.8. The zero-order valence-corrected chi connectivity index (χ0v) is 14.6. The number of pyridine rings is 1. The molecule has 1 fully saturated rings. The lowest BCUT2D eigenvalue weighted by atomic mass is 10.1. The Balaban J connectivity index is 1.56. The lowest BCUT2D eigenvalue weighted by Crippen LogP contribution is -2.57. The molecule has 8 heteroatoms. The molecule has 0 amide bonds. The maximum Gasteiger partial charge on any atom is 0.282 e. The van der Waals surface area contributed by atoms with Gasteiger partial charge in [0.1, 0.15) is 5.82 Å². The number of anilines is 1. The molecule has 0 aromatic carbocycles. The van der Waals surface area contributed by atoms with Gasteiger partial charge in [0, 0.05) is 23.1 Å². The molecule has 0 unspecified atom stereocenters. The second-order valence-electron chi connectivity index (χ2n) is 6.58. The first kappa shape index (κ1) is 16.5. The minimum atomic E-state index is -2.64. The van der Waals surface area contributed by atoms with E-state index in [2.05, 4.69) is 15.0 Å². The summed E-state index contributed by atoms with van der Waals surface area (Å²) in [7, 11) is 0. The Morgan fingerprint density at radius 1 is 1.36 bits per heavy atom. The molecule has 0 saturated carbocycles. The predicted octanol–water partition coefficient (Wildman–Crippen LogP) is 2.71. The molecule has 0 spiro atoms. The van der Waals surface area contributed by atoms with E-state index in [1.807, 2.05) is 13.0 Å². The van der Waals surface area contributed by atoms with Crippen molar-refractivity contribution in [2.75, 3.05) is 18.0 Å². The van der Waals surface area contributed by atoms with Gasteiger partial charge in [0.25, 0.3) is 11.5 Å². The first-order valence-electron chi connectivity index (χ1n) is 8.25. The van der Waals surface area contributed by atoms with Gasteiger partial charge in [-0.2, -0.15) is 0 Å². The van der Waals surface area contributed by atoms with Gasteiger partial charge in [-0.25, -0.2) is 18.7 Å². The van der Waals surface area contributed by atoms with E-state index in [9.17, 15) is 13.6 Å². The van der Waals surface area contributed by atoms with Crippen LogP contribution in [0.4, 0.5) is 14.6 Å². The lowest BCUT2D eigenvalue weighted by Gasteiger charge is -2.40. The summed E-state index contributed by atoms with van der Waals surface area (Å²) in [5.41, 5.74) is 3.53. The summed E-state index contributed by atoms with van der Waals surface area (Å²) in [5.74, 6) is -1.51. The maximum absolute atomic E-state index is 13.2. The molecule has 0 radical (unpaired) electrons. The normalized spacial score (nSPS) is 18.1. The van der Waals surface area contributed by atoms with Crippen molar-refractivity contribution in [1.82, 2.24) is 15.0 Å². The number of fused-ring (bicyclic) bond motifs is 1. The quantitative estimate of drug-likeness (QED) is 0.668. The van der Waals surface area contributed by atoms with Crippen molar-refractivity contribution in [3.8, 4) is 0 Å². The van der Waals surface area contributed by atoms with Crippen LogP contribution in [-0.2, 0) is 18.6 Å². The van der Waals surface area contributed by atoms with E-state index in [4.69, 9.17) is 0 Å². The van der Waals surface area contributed by atoms with Crippen LogP contribution in [0.2, 0.25) is 0 Å². The topological polar surface area (TPSA) is 61.9 Å².